The molecular formula is C16H17ClO2. The molecule has 2 aromatic rings. The van der Waals surface area contributed by atoms with Crippen LogP contribution in [-0.4, -0.2) is 5.78 Å². The Hall–Kier alpha value is -1.28. The molecule has 2 nitrogen and oxygen atoms in total. The van der Waals surface area contributed by atoms with Crippen LogP contribution >= 0.6 is 11.6 Å². The lowest BCUT2D eigenvalue weighted by Crippen LogP contribution is -2.13. The van der Waals surface area contributed by atoms with Crippen molar-refractivity contribution in [2.75, 3.05) is 0 Å². The highest BCUT2D eigenvalue weighted by molar-refractivity contribution is 6.31. The van der Waals surface area contributed by atoms with Crippen LogP contribution in [0.4, 0.5) is 0 Å². The molecule has 0 atom stereocenters. The predicted octanol–water partition coefficient (Wildman–Crippen LogP) is 5.24. The molecular weight excluding hydrogens is 260 g/mol. The van der Waals surface area contributed by atoms with Gasteiger partial charge in [-0.15, -0.1) is 0 Å². The van der Waals surface area contributed by atoms with Crippen LogP contribution in [0.2, 0.25) is 5.02 Å². The molecule has 1 aliphatic carbocycles. The fraction of sp³-hybridized carbons (Fsp3) is 0.438. The summed E-state index contributed by atoms with van der Waals surface area (Å²) >= 11 is 5.95. The van der Waals surface area contributed by atoms with Crippen molar-refractivity contribution in [3.05, 3.63) is 35.0 Å². The number of halogens is 1. The molecule has 1 aromatic carbocycles. The number of Topliss-reactive ketones (excluding diaryl/α,β-unsaturated/α-hetero) is 1. The molecule has 1 aliphatic rings. The summed E-state index contributed by atoms with van der Waals surface area (Å²) in [4.78, 5) is 12.5. The number of rotatable bonds is 2. The summed E-state index contributed by atoms with van der Waals surface area (Å²) in [5.74, 6) is 0.789. The number of fused-ring (bicyclic) bond motifs is 1. The first kappa shape index (κ1) is 12.7. The van der Waals surface area contributed by atoms with Gasteiger partial charge in [0.2, 0.25) is 5.78 Å². The summed E-state index contributed by atoms with van der Waals surface area (Å²) in [5, 5.41) is 1.58. The molecule has 0 N–H and O–H groups in total. The van der Waals surface area contributed by atoms with Crippen LogP contribution < -0.4 is 0 Å². The second-order valence-electron chi connectivity index (χ2n) is 5.35. The number of furan rings is 1. The van der Waals surface area contributed by atoms with Crippen molar-refractivity contribution in [1.29, 1.82) is 0 Å². The fourth-order valence-corrected chi connectivity index (χ4v) is 3.06. The summed E-state index contributed by atoms with van der Waals surface area (Å²) < 4.78 is 5.67. The molecule has 19 heavy (non-hydrogen) atoms. The lowest BCUT2D eigenvalue weighted by molar-refractivity contribution is 0.0881. The number of carbonyl (C=O) groups excluding carboxylic acids is 1. The summed E-state index contributed by atoms with van der Waals surface area (Å²) in [6, 6.07) is 7.27. The van der Waals surface area contributed by atoms with Crippen LogP contribution in [0.25, 0.3) is 11.0 Å². The molecule has 3 heteroatoms. The SMILES string of the molecule is O=C(c1cc2cc(Cl)ccc2o1)C1CCCCCC1. The van der Waals surface area contributed by atoms with Gasteiger partial charge in [0.15, 0.2) is 5.76 Å². The van der Waals surface area contributed by atoms with E-state index in [1.807, 2.05) is 18.2 Å². The summed E-state index contributed by atoms with van der Waals surface area (Å²) in [7, 11) is 0. The van der Waals surface area contributed by atoms with Gasteiger partial charge in [-0.2, -0.15) is 0 Å². The largest absolute Gasteiger partial charge is 0.453 e. The van der Waals surface area contributed by atoms with Gasteiger partial charge in [0.25, 0.3) is 0 Å². The molecule has 1 saturated carbocycles. The van der Waals surface area contributed by atoms with E-state index < -0.39 is 0 Å². The molecule has 100 valence electrons. The van der Waals surface area contributed by atoms with Gasteiger partial charge in [-0.05, 0) is 37.1 Å². The second kappa shape index (κ2) is 5.38. The fourth-order valence-electron chi connectivity index (χ4n) is 2.88. The molecule has 0 saturated heterocycles. The highest BCUT2D eigenvalue weighted by atomic mass is 35.5. The first-order chi connectivity index (χ1) is 9.24. The number of carbonyl (C=O) groups is 1. The van der Waals surface area contributed by atoms with E-state index in [-0.39, 0.29) is 11.7 Å². The Morgan fingerprint density at radius 2 is 1.84 bits per heavy atom. The Kier molecular flexibility index (Phi) is 3.61. The van der Waals surface area contributed by atoms with Crippen molar-refractivity contribution in [3.63, 3.8) is 0 Å². The Bertz CT molecular complexity index is 592. The van der Waals surface area contributed by atoms with Crippen LogP contribution in [0, 0.1) is 5.92 Å². The van der Waals surface area contributed by atoms with Crippen LogP contribution in [0.15, 0.2) is 28.7 Å². The first-order valence-electron chi connectivity index (χ1n) is 6.97. The molecule has 0 amide bonds. The maximum Gasteiger partial charge on any atom is 0.201 e. The molecule has 1 heterocycles. The van der Waals surface area contributed by atoms with Gasteiger partial charge in [-0.25, -0.2) is 0 Å². The zero-order valence-corrected chi connectivity index (χ0v) is 11.6. The van der Waals surface area contributed by atoms with Crippen molar-refractivity contribution >= 4 is 28.4 Å². The Labute approximate surface area is 117 Å². The first-order valence-corrected chi connectivity index (χ1v) is 7.35. The van der Waals surface area contributed by atoms with E-state index in [1.165, 1.54) is 12.8 Å². The van der Waals surface area contributed by atoms with E-state index in [9.17, 15) is 4.79 Å². The van der Waals surface area contributed by atoms with E-state index in [2.05, 4.69) is 0 Å². The summed E-state index contributed by atoms with van der Waals surface area (Å²) in [6.45, 7) is 0. The monoisotopic (exact) mass is 276 g/mol. The van der Waals surface area contributed by atoms with Gasteiger partial charge in [0.05, 0.1) is 0 Å². The Morgan fingerprint density at radius 1 is 1.11 bits per heavy atom. The number of ketones is 1. The zero-order chi connectivity index (χ0) is 13.2. The van der Waals surface area contributed by atoms with Crippen LogP contribution in [0.3, 0.4) is 0 Å². The lowest BCUT2D eigenvalue weighted by atomic mass is 9.94. The van der Waals surface area contributed by atoms with Crippen molar-refractivity contribution in [2.24, 2.45) is 5.92 Å². The van der Waals surface area contributed by atoms with Crippen molar-refractivity contribution in [3.8, 4) is 0 Å². The molecule has 1 fully saturated rings. The summed E-state index contributed by atoms with van der Waals surface area (Å²) in [6.07, 6.45) is 6.80. The normalized spacial score (nSPS) is 17.5. The maximum absolute atomic E-state index is 12.5. The van der Waals surface area contributed by atoms with Gasteiger partial charge < -0.3 is 4.42 Å². The van der Waals surface area contributed by atoms with Crippen molar-refractivity contribution < 1.29 is 9.21 Å². The molecule has 0 spiro atoms. The topological polar surface area (TPSA) is 30.2 Å². The van der Waals surface area contributed by atoms with Gasteiger partial charge in [-0.3, -0.25) is 4.79 Å². The third-order valence-corrected chi connectivity index (χ3v) is 4.18. The number of hydrogen-bond donors (Lipinski definition) is 0. The van der Waals surface area contributed by atoms with Gasteiger partial charge in [0.1, 0.15) is 5.58 Å². The van der Waals surface area contributed by atoms with E-state index >= 15 is 0 Å². The minimum Gasteiger partial charge on any atom is -0.453 e. The van der Waals surface area contributed by atoms with Gasteiger partial charge in [-0.1, -0.05) is 37.3 Å². The average Bonchev–Trinajstić information content (AvgIpc) is 2.64. The molecule has 0 unspecified atom stereocenters. The third-order valence-electron chi connectivity index (χ3n) is 3.95. The smallest absolute Gasteiger partial charge is 0.201 e. The van der Waals surface area contributed by atoms with E-state index in [0.29, 0.717) is 10.8 Å². The second-order valence-corrected chi connectivity index (χ2v) is 5.78. The molecule has 0 bridgehead atoms. The lowest BCUT2D eigenvalue weighted by Gasteiger charge is -2.09. The van der Waals surface area contributed by atoms with Gasteiger partial charge in [0, 0.05) is 16.3 Å². The predicted molar refractivity (Wildman–Crippen MR) is 76.7 cm³/mol. The number of hydrogen-bond acceptors (Lipinski definition) is 2. The van der Waals surface area contributed by atoms with Crippen molar-refractivity contribution in [2.45, 2.75) is 38.5 Å². The van der Waals surface area contributed by atoms with E-state index in [1.54, 1.807) is 6.07 Å². The average molecular weight is 277 g/mol. The quantitative estimate of drug-likeness (QED) is 0.555. The molecule has 3 rings (SSSR count). The summed E-state index contributed by atoms with van der Waals surface area (Å²) in [5.41, 5.74) is 0.737. The Morgan fingerprint density at radius 3 is 2.58 bits per heavy atom. The van der Waals surface area contributed by atoms with Crippen LogP contribution in [0.5, 0.6) is 0 Å². The highest BCUT2D eigenvalue weighted by Gasteiger charge is 2.24. The molecule has 0 radical (unpaired) electrons. The highest BCUT2D eigenvalue weighted by Crippen LogP contribution is 2.29. The van der Waals surface area contributed by atoms with Crippen molar-refractivity contribution in [1.82, 2.24) is 0 Å². The van der Waals surface area contributed by atoms with E-state index in [4.69, 9.17) is 16.0 Å². The van der Waals surface area contributed by atoms with Crippen LogP contribution in [0.1, 0.15) is 49.1 Å². The maximum atomic E-state index is 12.5. The Balaban J connectivity index is 1.88. The molecule has 0 aliphatic heterocycles. The van der Waals surface area contributed by atoms with Gasteiger partial charge >= 0.3 is 0 Å². The standard InChI is InChI=1S/C16H17ClO2/c17-13-7-8-14-12(9-13)10-15(19-14)16(18)11-5-3-1-2-4-6-11/h7-11H,1-6H2. The van der Waals surface area contributed by atoms with E-state index in [0.717, 1.165) is 36.7 Å². The zero-order valence-electron chi connectivity index (χ0n) is 10.8. The number of benzene rings is 1. The van der Waals surface area contributed by atoms with Crippen LogP contribution in [-0.2, 0) is 0 Å². The minimum atomic E-state index is 0.138. The molecule has 1 aromatic heterocycles. The minimum absolute atomic E-state index is 0.138. The third kappa shape index (κ3) is 2.69.